The van der Waals surface area contributed by atoms with Gasteiger partial charge in [0.15, 0.2) is 0 Å². The molecule has 1 amide bonds. The van der Waals surface area contributed by atoms with E-state index in [1.807, 2.05) is 76.3 Å². The van der Waals surface area contributed by atoms with E-state index >= 15 is 0 Å². The minimum Gasteiger partial charge on any atom is -0.445 e. The van der Waals surface area contributed by atoms with Crippen LogP contribution in [0.4, 0.5) is 4.79 Å². The molecule has 0 saturated carbocycles. The summed E-state index contributed by atoms with van der Waals surface area (Å²) in [5.41, 5.74) is 2.98. The quantitative estimate of drug-likeness (QED) is 0.272. The summed E-state index contributed by atoms with van der Waals surface area (Å²) in [4.78, 5) is 14.8. The number of piperidine rings is 1. The average Bonchev–Trinajstić information content (AvgIpc) is 3.12. The molecule has 0 N–H and O–H groups in total. The van der Waals surface area contributed by atoms with Crippen molar-refractivity contribution in [2.75, 3.05) is 19.7 Å². The zero-order valence-electron chi connectivity index (χ0n) is 23.2. The van der Waals surface area contributed by atoms with Crippen LogP contribution < -0.4 is 0 Å². The van der Waals surface area contributed by atoms with Gasteiger partial charge in [-0.1, -0.05) is 85.8 Å². The summed E-state index contributed by atoms with van der Waals surface area (Å²) in [6.07, 6.45) is 20.5. The van der Waals surface area contributed by atoms with Crippen LogP contribution in [0.2, 0.25) is 0 Å². The predicted molar refractivity (Wildman–Crippen MR) is 161 cm³/mol. The van der Waals surface area contributed by atoms with Gasteiger partial charge in [-0.2, -0.15) is 4.31 Å². The van der Waals surface area contributed by atoms with E-state index in [2.05, 4.69) is 22.5 Å². The van der Waals surface area contributed by atoms with Crippen LogP contribution in [0.1, 0.15) is 53.9 Å². The first-order valence-electron chi connectivity index (χ1n) is 13.3. The van der Waals surface area contributed by atoms with Gasteiger partial charge in [0.1, 0.15) is 6.61 Å². The Morgan fingerprint density at radius 2 is 1.89 bits per heavy atom. The third-order valence-electron chi connectivity index (χ3n) is 6.65. The molecule has 2 aliphatic heterocycles. The second-order valence-electron chi connectivity index (χ2n) is 8.87. The number of allylic oxidation sites excluding steroid dienone is 13. The van der Waals surface area contributed by atoms with Crippen molar-refractivity contribution in [3.8, 4) is 0 Å². The summed E-state index contributed by atoms with van der Waals surface area (Å²) >= 11 is 3.50. The van der Waals surface area contributed by atoms with Crippen molar-refractivity contribution in [2.24, 2.45) is 0 Å². The van der Waals surface area contributed by atoms with E-state index < -0.39 is 10.0 Å². The number of amides is 1. The molecule has 0 aromatic carbocycles. The number of halogens is 1. The van der Waals surface area contributed by atoms with Crippen LogP contribution in [0, 0.1) is 0 Å². The average molecular weight is 606 g/mol. The number of rotatable bonds is 8. The molecule has 1 aliphatic carbocycles. The fourth-order valence-electron chi connectivity index (χ4n) is 4.59. The Balaban J connectivity index is 0.00000247. The van der Waals surface area contributed by atoms with Crippen molar-refractivity contribution in [1.29, 1.82) is 0 Å². The van der Waals surface area contributed by atoms with E-state index in [4.69, 9.17) is 4.74 Å². The van der Waals surface area contributed by atoms with E-state index in [0.29, 0.717) is 30.8 Å². The lowest BCUT2D eigenvalue weighted by molar-refractivity contribution is 0.0496. The highest BCUT2D eigenvalue weighted by Crippen LogP contribution is 2.31. The summed E-state index contributed by atoms with van der Waals surface area (Å²) in [7, 11) is -3.60. The van der Waals surface area contributed by atoms with Crippen molar-refractivity contribution >= 4 is 32.0 Å². The number of fused-ring (bicyclic) bond motifs is 1. The molecule has 0 aromatic heterocycles. The van der Waals surface area contributed by atoms with Crippen molar-refractivity contribution < 1.29 is 17.9 Å². The normalized spacial score (nSPS) is 22.2. The van der Waals surface area contributed by atoms with E-state index in [0.717, 1.165) is 27.6 Å². The molecule has 0 spiro atoms. The van der Waals surface area contributed by atoms with Gasteiger partial charge in [-0.25, -0.2) is 13.2 Å². The second kappa shape index (κ2) is 15.2. The molecule has 8 heteroatoms. The van der Waals surface area contributed by atoms with Gasteiger partial charge in [-0.05, 0) is 68.1 Å². The SMILES string of the molecule is C=CC(=C\C=C/C)/C(=C/C=C(\C)S(=O)(=O)N1CCC(N2C(=O)OCC3=CC(Br)=CC=CC32)CC1)CC.CC. The van der Waals surface area contributed by atoms with Crippen molar-refractivity contribution in [2.45, 2.75) is 66.0 Å². The first-order chi connectivity index (χ1) is 18.2. The highest BCUT2D eigenvalue weighted by atomic mass is 79.9. The molecule has 0 radical (unpaired) electrons. The zero-order valence-corrected chi connectivity index (χ0v) is 25.6. The molecule has 1 atom stereocenters. The first kappa shape index (κ1) is 31.8. The number of hydrogen-bond donors (Lipinski definition) is 0. The fourth-order valence-corrected chi connectivity index (χ4v) is 6.37. The lowest BCUT2D eigenvalue weighted by Gasteiger charge is -2.43. The Morgan fingerprint density at radius 3 is 2.50 bits per heavy atom. The van der Waals surface area contributed by atoms with E-state index in [1.165, 1.54) is 4.31 Å². The molecule has 38 heavy (non-hydrogen) atoms. The zero-order chi connectivity index (χ0) is 28.3. The Morgan fingerprint density at radius 1 is 1.21 bits per heavy atom. The van der Waals surface area contributed by atoms with Crippen molar-refractivity contribution in [1.82, 2.24) is 9.21 Å². The van der Waals surface area contributed by atoms with Gasteiger partial charge < -0.3 is 4.74 Å². The van der Waals surface area contributed by atoms with Crippen LogP contribution in [0.15, 0.2) is 93.4 Å². The Hall–Kier alpha value is -2.42. The van der Waals surface area contributed by atoms with Gasteiger partial charge in [-0.3, -0.25) is 4.90 Å². The van der Waals surface area contributed by atoms with E-state index in [-0.39, 0.29) is 24.8 Å². The number of nitrogens with zero attached hydrogens (tertiary/aromatic N) is 2. The highest BCUT2D eigenvalue weighted by Gasteiger charge is 2.40. The summed E-state index contributed by atoms with van der Waals surface area (Å²) in [5.74, 6) is 0. The number of sulfonamides is 1. The maximum atomic E-state index is 13.3. The third-order valence-corrected chi connectivity index (χ3v) is 9.14. The molecular formula is C30H41BrN2O4S. The van der Waals surface area contributed by atoms with Crippen LogP contribution in [0.5, 0.6) is 0 Å². The minimum absolute atomic E-state index is 0.0954. The molecule has 3 aliphatic rings. The van der Waals surface area contributed by atoms with Gasteiger partial charge in [0.05, 0.1) is 10.9 Å². The maximum absolute atomic E-state index is 13.3. The molecule has 208 valence electrons. The topological polar surface area (TPSA) is 66.9 Å². The number of cyclic esters (lactones) is 1. The molecular weight excluding hydrogens is 564 g/mol. The van der Waals surface area contributed by atoms with Gasteiger partial charge in [-0.15, -0.1) is 0 Å². The molecule has 1 unspecified atom stereocenters. The Labute approximate surface area is 237 Å². The van der Waals surface area contributed by atoms with Gasteiger partial charge in [0, 0.05) is 23.6 Å². The number of hydrogen-bond acceptors (Lipinski definition) is 4. The summed E-state index contributed by atoms with van der Waals surface area (Å²) in [5, 5.41) is 0. The fraction of sp³-hybridized carbons (Fsp3) is 0.433. The number of ether oxygens (including phenoxy) is 1. The highest BCUT2D eigenvalue weighted by molar-refractivity contribution is 9.11. The monoisotopic (exact) mass is 604 g/mol. The molecule has 2 saturated heterocycles. The predicted octanol–water partition coefficient (Wildman–Crippen LogP) is 7.33. The summed E-state index contributed by atoms with van der Waals surface area (Å²) < 4.78 is 34.5. The molecule has 0 aromatic rings. The largest absolute Gasteiger partial charge is 0.445 e. The lowest BCUT2D eigenvalue weighted by atomic mass is 9.98. The second-order valence-corrected chi connectivity index (χ2v) is 11.9. The van der Waals surface area contributed by atoms with Gasteiger partial charge >= 0.3 is 6.09 Å². The summed E-state index contributed by atoms with van der Waals surface area (Å²) in [6, 6.07) is -0.276. The van der Waals surface area contributed by atoms with Crippen LogP contribution in [-0.2, 0) is 14.8 Å². The van der Waals surface area contributed by atoms with Crippen molar-refractivity contribution in [3.63, 3.8) is 0 Å². The summed E-state index contributed by atoms with van der Waals surface area (Å²) in [6.45, 7) is 14.4. The molecule has 2 fully saturated rings. The molecule has 0 bridgehead atoms. The minimum atomic E-state index is -3.60. The van der Waals surface area contributed by atoms with Crippen LogP contribution >= 0.6 is 15.9 Å². The van der Waals surface area contributed by atoms with E-state index in [1.54, 1.807) is 24.0 Å². The van der Waals surface area contributed by atoms with Crippen LogP contribution in [0.3, 0.4) is 0 Å². The van der Waals surface area contributed by atoms with Crippen LogP contribution in [-0.4, -0.2) is 55.5 Å². The standard InChI is InChI=1S/C28H35BrN2O4S.C2H6/c1-5-8-10-22(6-2)23(7-3)14-13-21(4)36(33,34)30-17-15-26(16-18-30)31-27-12-9-11-25(29)19-24(27)20-35-28(31)32;1-2/h5-6,8-14,19,26-27H,2,7,15-18,20H2,1,3-4H3;1-2H3/b8-5-,21-13+,22-10+,23-14+;. The smallest absolute Gasteiger partial charge is 0.411 e. The van der Waals surface area contributed by atoms with E-state index in [9.17, 15) is 13.2 Å². The van der Waals surface area contributed by atoms with Crippen LogP contribution in [0.25, 0.3) is 0 Å². The van der Waals surface area contributed by atoms with Gasteiger partial charge in [0.25, 0.3) is 0 Å². The third kappa shape index (κ3) is 7.80. The molecule has 2 heterocycles. The van der Waals surface area contributed by atoms with Gasteiger partial charge in [0.2, 0.25) is 10.0 Å². The Bertz CT molecular complexity index is 1180. The number of carbonyl (C=O) groups is 1. The Kier molecular flexibility index (Phi) is 12.8. The molecule has 6 nitrogen and oxygen atoms in total. The number of carbonyl (C=O) groups excluding carboxylic acids is 1. The maximum Gasteiger partial charge on any atom is 0.411 e. The van der Waals surface area contributed by atoms with Crippen molar-refractivity contribution in [3.05, 3.63) is 93.4 Å². The molecule has 3 rings (SSSR count). The lowest BCUT2D eigenvalue weighted by Crippen LogP contribution is -2.55. The first-order valence-corrected chi connectivity index (χ1v) is 15.5.